The molecule has 0 bridgehead atoms. The first kappa shape index (κ1) is 9.48. The molecule has 2 unspecified atom stereocenters. The lowest BCUT2D eigenvalue weighted by atomic mass is 10.3. The third-order valence-electron chi connectivity index (χ3n) is 3.01. The van der Waals surface area contributed by atoms with Crippen LogP contribution in [0.1, 0.15) is 26.7 Å². The molecule has 1 nitrogen and oxygen atoms in total. The number of rotatable bonds is 2. The summed E-state index contributed by atoms with van der Waals surface area (Å²) in [4.78, 5) is 0. The molecule has 0 N–H and O–H groups in total. The highest BCUT2D eigenvalue weighted by molar-refractivity contribution is 6.65. The van der Waals surface area contributed by atoms with Gasteiger partial charge in [0, 0.05) is 0 Å². The van der Waals surface area contributed by atoms with Gasteiger partial charge in [0.1, 0.15) is 8.96 Å². The maximum Gasteiger partial charge on any atom is 0.101 e. The van der Waals surface area contributed by atoms with Crippen molar-refractivity contribution in [3.8, 4) is 0 Å². The predicted molar refractivity (Wildman–Crippen MR) is 57.4 cm³/mol. The fourth-order valence-corrected chi connectivity index (χ4v) is 9.31. The quantitative estimate of drug-likeness (QED) is 0.590. The molecule has 1 heterocycles. The Bertz CT molecular complexity index is 115. The van der Waals surface area contributed by atoms with Crippen molar-refractivity contribution in [2.24, 2.45) is 0 Å². The Morgan fingerprint density at radius 2 is 2.36 bits per heavy atom. The van der Waals surface area contributed by atoms with Gasteiger partial charge in [0.2, 0.25) is 0 Å². The van der Waals surface area contributed by atoms with Crippen LogP contribution in [0.5, 0.6) is 0 Å². The maximum absolute atomic E-state index is 2.93. The first-order valence-corrected chi connectivity index (χ1v) is 9.13. The van der Waals surface area contributed by atoms with Crippen molar-refractivity contribution in [2.75, 3.05) is 0 Å². The minimum Gasteiger partial charge on any atom is -0.350 e. The summed E-state index contributed by atoms with van der Waals surface area (Å²) in [5.41, 5.74) is 0. The smallest absolute Gasteiger partial charge is 0.101 e. The van der Waals surface area contributed by atoms with Gasteiger partial charge in [0.25, 0.3) is 0 Å². The molecule has 3 heteroatoms. The molecular formula is C8H21NSi2. The standard InChI is InChI=1S/C8H21NSi2/c1-4-8(2)9-10-6-5-7-11(9)3/h8,11H,4-7,10H2,1-3H3. The third-order valence-corrected chi connectivity index (χ3v) is 10.5. The van der Waals surface area contributed by atoms with E-state index < -0.39 is 0 Å². The summed E-state index contributed by atoms with van der Waals surface area (Å²) in [5.74, 6) is 0. The normalized spacial score (nSPS) is 32.5. The molecule has 0 aromatic heterocycles. The first-order chi connectivity index (χ1) is 5.25. The van der Waals surface area contributed by atoms with Gasteiger partial charge in [0.15, 0.2) is 0 Å². The molecule has 0 aromatic rings. The van der Waals surface area contributed by atoms with E-state index in [0.29, 0.717) is 0 Å². The zero-order chi connectivity index (χ0) is 8.27. The zero-order valence-electron chi connectivity index (χ0n) is 8.14. The summed E-state index contributed by atoms with van der Waals surface area (Å²) in [6.07, 6.45) is 2.93. The summed E-state index contributed by atoms with van der Waals surface area (Å²) in [6.45, 7) is 7.29. The van der Waals surface area contributed by atoms with Crippen molar-refractivity contribution in [2.45, 2.75) is 51.4 Å². The van der Waals surface area contributed by atoms with Crippen molar-refractivity contribution in [3.63, 3.8) is 0 Å². The summed E-state index contributed by atoms with van der Waals surface area (Å²) >= 11 is 0. The second-order valence-electron chi connectivity index (χ2n) is 3.84. The van der Waals surface area contributed by atoms with Crippen molar-refractivity contribution in [1.29, 1.82) is 0 Å². The van der Waals surface area contributed by atoms with Crippen LogP contribution in [-0.4, -0.2) is 28.9 Å². The van der Waals surface area contributed by atoms with Gasteiger partial charge in [-0.1, -0.05) is 32.9 Å². The van der Waals surface area contributed by atoms with Crippen LogP contribution in [0.4, 0.5) is 0 Å². The molecule has 0 saturated carbocycles. The van der Waals surface area contributed by atoms with Gasteiger partial charge in [-0.2, -0.15) is 0 Å². The Morgan fingerprint density at radius 1 is 1.64 bits per heavy atom. The number of hydrogen-bond donors (Lipinski definition) is 0. The Labute approximate surface area is 74.8 Å². The van der Waals surface area contributed by atoms with Crippen LogP contribution in [0.3, 0.4) is 0 Å². The average molecular weight is 187 g/mol. The van der Waals surface area contributed by atoms with E-state index in [1.165, 1.54) is 6.42 Å². The molecule has 1 fully saturated rings. The number of hydrogen-bond acceptors (Lipinski definition) is 1. The van der Waals surface area contributed by atoms with Crippen LogP contribution in [-0.2, 0) is 0 Å². The monoisotopic (exact) mass is 187 g/mol. The average Bonchev–Trinajstić information content (AvgIpc) is 2.04. The lowest BCUT2D eigenvalue weighted by Crippen LogP contribution is -2.47. The second kappa shape index (κ2) is 4.43. The van der Waals surface area contributed by atoms with Crippen molar-refractivity contribution in [3.05, 3.63) is 0 Å². The molecule has 66 valence electrons. The molecule has 1 rings (SSSR count). The minimum atomic E-state index is -0.390. The molecule has 1 saturated heterocycles. The highest BCUT2D eigenvalue weighted by atomic mass is 28.3. The molecule has 0 spiro atoms. The van der Waals surface area contributed by atoms with E-state index in [1.54, 1.807) is 18.5 Å². The van der Waals surface area contributed by atoms with Crippen LogP contribution >= 0.6 is 0 Å². The van der Waals surface area contributed by atoms with Crippen molar-refractivity contribution < 1.29 is 0 Å². The van der Waals surface area contributed by atoms with Gasteiger partial charge in [-0.05, 0) is 18.5 Å². The van der Waals surface area contributed by atoms with Crippen LogP contribution in [0.2, 0.25) is 18.6 Å². The summed E-state index contributed by atoms with van der Waals surface area (Å²) in [6, 6.07) is 4.09. The van der Waals surface area contributed by atoms with Gasteiger partial charge in [0.05, 0.1) is 9.68 Å². The predicted octanol–water partition coefficient (Wildman–Crippen LogP) is 1.35. The molecule has 11 heavy (non-hydrogen) atoms. The van der Waals surface area contributed by atoms with E-state index in [4.69, 9.17) is 0 Å². The van der Waals surface area contributed by atoms with Crippen molar-refractivity contribution in [1.82, 2.24) is 4.23 Å². The van der Waals surface area contributed by atoms with E-state index in [9.17, 15) is 0 Å². The van der Waals surface area contributed by atoms with Crippen LogP contribution in [0.25, 0.3) is 0 Å². The van der Waals surface area contributed by atoms with E-state index in [0.717, 1.165) is 6.04 Å². The fraction of sp³-hybridized carbons (Fsp3) is 1.00. The molecule has 2 atom stereocenters. The molecule has 0 amide bonds. The van der Waals surface area contributed by atoms with E-state index >= 15 is 0 Å². The Balaban J connectivity index is 2.40. The first-order valence-electron chi connectivity index (χ1n) is 5.01. The molecule has 1 aliphatic heterocycles. The molecule has 0 radical (unpaired) electrons. The Hall–Kier alpha value is 0.394. The zero-order valence-corrected chi connectivity index (χ0v) is 10.7. The van der Waals surface area contributed by atoms with Gasteiger partial charge in [-0.25, -0.2) is 0 Å². The largest absolute Gasteiger partial charge is 0.350 e. The van der Waals surface area contributed by atoms with Gasteiger partial charge < -0.3 is 4.23 Å². The van der Waals surface area contributed by atoms with Gasteiger partial charge in [-0.15, -0.1) is 0 Å². The minimum absolute atomic E-state index is 0.212. The molecule has 0 aliphatic carbocycles. The maximum atomic E-state index is 2.93. The summed E-state index contributed by atoms with van der Waals surface area (Å²) < 4.78 is 2.93. The molecular weight excluding hydrogens is 166 g/mol. The summed E-state index contributed by atoms with van der Waals surface area (Å²) in [5, 5.41) is 0. The highest BCUT2D eigenvalue weighted by Gasteiger charge is 2.22. The van der Waals surface area contributed by atoms with E-state index in [-0.39, 0.29) is 18.6 Å². The molecule has 1 aliphatic rings. The highest BCUT2D eigenvalue weighted by Crippen LogP contribution is 2.17. The van der Waals surface area contributed by atoms with Crippen LogP contribution < -0.4 is 0 Å². The fourth-order valence-electron chi connectivity index (χ4n) is 2.01. The Morgan fingerprint density at radius 3 is 2.91 bits per heavy atom. The number of nitrogens with zero attached hydrogens (tertiary/aromatic N) is 1. The Kier molecular flexibility index (Phi) is 3.82. The van der Waals surface area contributed by atoms with Crippen LogP contribution in [0.15, 0.2) is 0 Å². The topological polar surface area (TPSA) is 3.24 Å². The lowest BCUT2D eigenvalue weighted by molar-refractivity contribution is 0.473. The molecule has 0 aromatic carbocycles. The van der Waals surface area contributed by atoms with Gasteiger partial charge in [-0.3, -0.25) is 0 Å². The van der Waals surface area contributed by atoms with Gasteiger partial charge >= 0.3 is 0 Å². The lowest BCUT2D eigenvalue weighted by Gasteiger charge is -2.37. The van der Waals surface area contributed by atoms with Crippen molar-refractivity contribution >= 4 is 18.6 Å². The summed E-state index contributed by atoms with van der Waals surface area (Å²) in [7, 11) is -0.178. The van der Waals surface area contributed by atoms with Crippen LogP contribution in [0, 0.1) is 0 Å². The van der Waals surface area contributed by atoms with E-state index in [2.05, 4.69) is 24.6 Å². The second-order valence-corrected chi connectivity index (χ2v) is 9.39. The van der Waals surface area contributed by atoms with E-state index in [1.807, 2.05) is 0 Å². The third kappa shape index (κ3) is 2.42. The SMILES string of the molecule is CCC(C)N1[SiH2]CCC[SiH]1C.